The van der Waals surface area contributed by atoms with Crippen molar-refractivity contribution in [1.29, 1.82) is 0 Å². The molecule has 1 heterocycles. The van der Waals surface area contributed by atoms with Gasteiger partial charge in [-0.25, -0.2) is 5.01 Å². The third-order valence-corrected chi connectivity index (χ3v) is 4.59. The number of hydrogen-bond donors (Lipinski definition) is 1. The molecule has 8 heteroatoms. The predicted molar refractivity (Wildman–Crippen MR) is 113 cm³/mol. The monoisotopic (exact) mass is 415 g/mol. The Balaban J connectivity index is 1.81. The van der Waals surface area contributed by atoms with Gasteiger partial charge in [0, 0.05) is 20.0 Å². The van der Waals surface area contributed by atoms with Gasteiger partial charge in [-0.05, 0) is 36.8 Å². The predicted octanol–water partition coefficient (Wildman–Crippen LogP) is 3.80. The minimum atomic E-state index is -0.408. The Morgan fingerprint density at radius 3 is 2.76 bits per heavy atom. The largest absolute Gasteiger partial charge is 0.487 e. The van der Waals surface area contributed by atoms with E-state index in [1.807, 2.05) is 25.1 Å². The summed E-state index contributed by atoms with van der Waals surface area (Å²) in [6.45, 7) is 2.61. The van der Waals surface area contributed by atoms with E-state index in [-0.39, 0.29) is 24.5 Å². The lowest BCUT2D eigenvalue weighted by Crippen LogP contribution is -2.36. The molecule has 0 unspecified atom stereocenters. The Bertz CT molecular complexity index is 945. The molecule has 2 aromatic rings. The van der Waals surface area contributed by atoms with Crippen LogP contribution in [0.5, 0.6) is 5.75 Å². The number of para-hydroxylation sites is 1. The lowest BCUT2D eigenvalue weighted by molar-refractivity contribution is -0.118. The number of hydrogen-bond acceptors (Lipinski definition) is 5. The normalized spacial score (nSPS) is 13.8. The van der Waals surface area contributed by atoms with Crippen molar-refractivity contribution >= 4 is 40.5 Å². The van der Waals surface area contributed by atoms with E-state index < -0.39 is 5.91 Å². The second-order valence-corrected chi connectivity index (χ2v) is 6.91. The molecule has 0 aliphatic carbocycles. The van der Waals surface area contributed by atoms with E-state index in [2.05, 4.69) is 10.4 Å². The summed E-state index contributed by atoms with van der Waals surface area (Å²) in [7, 11) is 1.57. The Morgan fingerprint density at radius 1 is 1.21 bits per heavy atom. The van der Waals surface area contributed by atoms with E-state index in [9.17, 15) is 9.59 Å². The first-order valence-electron chi connectivity index (χ1n) is 9.18. The van der Waals surface area contributed by atoms with Crippen molar-refractivity contribution in [1.82, 2.24) is 0 Å². The zero-order valence-electron chi connectivity index (χ0n) is 16.3. The summed E-state index contributed by atoms with van der Waals surface area (Å²) in [5.74, 6) is -0.199. The van der Waals surface area contributed by atoms with Crippen LogP contribution in [0.3, 0.4) is 0 Å². The molecule has 7 nitrogen and oxygen atoms in total. The lowest BCUT2D eigenvalue weighted by Gasteiger charge is -2.23. The zero-order chi connectivity index (χ0) is 20.8. The van der Waals surface area contributed by atoms with E-state index in [0.717, 1.165) is 5.56 Å². The van der Waals surface area contributed by atoms with Crippen LogP contribution in [0.15, 0.2) is 47.6 Å². The fourth-order valence-electron chi connectivity index (χ4n) is 2.85. The number of anilines is 2. The molecular weight excluding hydrogens is 394 g/mol. The van der Waals surface area contributed by atoms with E-state index in [0.29, 0.717) is 35.4 Å². The number of carbonyl (C=O) groups excluding carboxylic acids is 2. The van der Waals surface area contributed by atoms with Crippen molar-refractivity contribution in [3.8, 4) is 5.75 Å². The third-order valence-electron chi connectivity index (χ3n) is 4.29. The molecule has 0 fully saturated rings. The number of rotatable bonds is 7. The quantitative estimate of drug-likeness (QED) is 0.697. The van der Waals surface area contributed by atoms with Crippen molar-refractivity contribution in [2.45, 2.75) is 19.8 Å². The molecule has 1 N–H and O–H groups in total. The molecule has 1 aliphatic rings. The summed E-state index contributed by atoms with van der Waals surface area (Å²) in [5, 5.41) is 8.73. The molecule has 1 aliphatic heterocycles. The molecule has 0 bridgehead atoms. The van der Waals surface area contributed by atoms with Crippen LogP contribution in [0.1, 0.15) is 18.4 Å². The maximum atomic E-state index is 12.8. The molecular formula is C21H22ClN3O4. The first-order valence-corrected chi connectivity index (χ1v) is 9.56. The third kappa shape index (κ3) is 5.13. The SMILES string of the molecule is COCCOc1c(Cl)cccc1NC(=O)C1=NN(c2cccc(C)c2)C(=O)CC1. The van der Waals surface area contributed by atoms with Gasteiger partial charge in [-0.3, -0.25) is 9.59 Å². The highest BCUT2D eigenvalue weighted by atomic mass is 35.5. The molecule has 0 radical (unpaired) electrons. The smallest absolute Gasteiger partial charge is 0.271 e. The first-order chi connectivity index (χ1) is 14.0. The van der Waals surface area contributed by atoms with Gasteiger partial charge in [0.25, 0.3) is 5.91 Å². The molecule has 152 valence electrons. The number of benzene rings is 2. The number of hydrazone groups is 1. The van der Waals surface area contributed by atoms with E-state index in [1.165, 1.54) is 5.01 Å². The van der Waals surface area contributed by atoms with Gasteiger partial charge in [-0.2, -0.15) is 5.10 Å². The fraction of sp³-hybridized carbons (Fsp3) is 0.286. The lowest BCUT2D eigenvalue weighted by atomic mass is 10.1. The van der Waals surface area contributed by atoms with Crippen LogP contribution in [0, 0.1) is 6.92 Å². The van der Waals surface area contributed by atoms with Crippen LogP contribution >= 0.6 is 11.6 Å². The minimum Gasteiger partial charge on any atom is -0.487 e. The van der Waals surface area contributed by atoms with E-state index in [4.69, 9.17) is 21.1 Å². The number of carbonyl (C=O) groups is 2. The molecule has 0 saturated heterocycles. The van der Waals surface area contributed by atoms with Gasteiger partial charge in [0.05, 0.1) is 23.0 Å². The van der Waals surface area contributed by atoms with Gasteiger partial charge in [-0.1, -0.05) is 29.8 Å². The van der Waals surface area contributed by atoms with Gasteiger partial charge in [-0.15, -0.1) is 0 Å². The van der Waals surface area contributed by atoms with Gasteiger partial charge in [0.2, 0.25) is 5.91 Å². The number of methoxy groups -OCH3 is 1. The van der Waals surface area contributed by atoms with Crippen LogP contribution in [-0.2, 0) is 14.3 Å². The molecule has 0 atom stereocenters. The van der Waals surface area contributed by atoms with Gasteiger partial charge < -0.3 is 14.8 Å². The molecule has 29 heavy (non-hydrogen) atoms. The van der Waals surface area contributed by atoms with Gasteiger partial charge in [0.1, 0.15) is 12.3 Å². The maximum absolute atomic E-state index is 12.8. The molecule has 2 amide bonds. The second-order valence-electron chi connectivity index (χ2n) is 6.50. The molecule has 0 saturated carbocycles. The second kappa shape index (κ2) is 9.54. The van der Waals surface area contributed by atoms with Gasteiger partial charge >= 0.3 is 0 Å². The highest BCUT2D eigenvalue weighted by Gasteiger charge is 2.26. The summed E-state index contributed by atoms with van der Waals surface area (Å²) in [5.41, 5.74) is 2.32. The summed E-state index contributed by atoms with van der Waals surface area (Å²) in [4.78, 5) is 25.1. The fourth-order valence-corrected chi connectivity index (χ4v) is 3.08. The summed E-state index contributed by atoms with van der Waals surface area (Å²) >= 11 is 6.21. The number of ether oxygens (including phenoxy) is 2. The number of halogens is 1. The van der Waals surface area contributed by atoms with E-state index in [1.54, 1.807) is 31.4 Å². The standard InChI is InChI=1S/C21H22ClN3O4/c1-14-5-3-6-15(13-14)25-19(26)10-9-18(24-25)21(27)23-17-8-4-7-16(22)20(17)29-12-11-28-2/h3-8,13H,9-12H2,1-2H3,(H,23,27). The van der Waals surface area contributed by atoms with Crippen molar-refractivity contribution in [3.63, 3.8) is 0 Å². The number of aryl methyl sites for hydroxylation is 1. The molecule has 0 spiro atoms. The maximum Gasteiger partial charge on any atom is 0.271 e. The zero-order valence-corrected chi connectivity index (χ0v) is 17.0. The Hall–Kier alpha value is -2.90. The highest BCUT2D eigenvalue weighted by molar-refractivity contribution is 6.44. The van der Waals surface area contributed by atoms with Crippen molar-refractivity contribution in [3.05, 3.63) is 53.1 Å². The average molecular weight is 416 g/mol. The minimum absolute atomic E-state index is 0.154. The summed E-state index contributed by atoms with van der Waals surface area (Å²) in [6.07, 6.45) is 0.459. The Labute approximate surface area is 174 Å². The Morgan fingerprint density at radius 2 is 2.00 bits per heavy atom. The van der Waals surface area contributed by atoms with Crippen LogP contribution in [0.4, 0.5) is 11.4 Å². The molecule has 0 aromatic heterocycles. The van der Waals surface area contributed by atoms with E-state index >= 15 is 0 Å². The molecule has 2 aromatic carbocycles. The number of nitrogens with one attached hydrogen (secondary N) is 1. The Kier molecular flexibility index (Phi) is 6.85. The van der Waals surface area contributed by atoms with Crippen LogP contribution in [-0.4, -0.2) is 37.8 Å². The average Bonchev–Trinajstić information content (AvgIpc) is 2.70. The van der Waals surface area contributed by atoms with Gasteiger partial charge in [0.15, 0.2) is 5.75 Å². The van der Waals surface area contributed by atoms with Crippen LogP contribution in [0.2, 0.25) is 5.02 Å². The first kappa shape index (κ1) is 20.8. The highest BCUT2D eigenvalue weighted by Crippen LogP contribution is 2.33. The number of amides is 2. The number of nitrogens with zero attached hydrogens (tertiary/aromatic N) is 2. The van der Waals surface area contributed by atoms with Crippen LogP contribution in [0.25, 0.3) is 0 Å². The summed E-state index contributed by atoms with van der Waals surface area (Å²) in [6, 6.07) is 12.5. The molecule has 3 rings (SSSR count). The van der Waals surface area contributed by atoms with Crippen LogP contribution < -0.4 is 15.1 Å². The van der Waals surface area contributed by atoms with Crippen molar-refractivity contribution in [2.24, 2.45) is 5.10 Å². The van der Waals surface area contributed by atoms with Crippen molar-refractivity contribution in [2.75, 3.05) is 30.6 Å². The van der Waals surface area contributed by atoms with Crippen molar-refractivity contribution < 1.29 is 19.1 Å². The summed E-state index contributed by atoms with van der Waals surface area (Å²) < 4.78 is 10.6. The topological polar surface area (TPSA) is 80.2 Å².